The monoisotopic (exact) mass is 255 g/mol. The van der Waals surface area contributed by atoms with Crippen LogP contribution < -0.4 is 5.73 Å². The van der Waals surface area contributed by atoms with E-state index in [1.54, 1.807) is 0 Å². The third-order valence-corrected chi connectivity index (χ3v) is 3.39. The zero-order chi connectivity index (χ0) is 13.4. The Labute approximate surface area is 112 Å². The van der Waals surface area contributed by atoms with Gasteiger partial charge >= 0.3 is 0 Å². The predicted molar refractivity (Wildman–Crippen MR) is 76.8 cm³/mol. The maximum absolute atomic E-state index is 6.00. The van der Waals surface area contributed by atoms with Gasteiger partial charge in [0, 0.05) is 26.2 Å². The van der Waals surface area contributed by atoms with Crippen molar-refractivity contribution in [3.63, 3.8) is 0 Å². The zero-order valence-electron chi connectivity index (χ0n) is 12.2. The van der Waals surface area contributed by atoms with E-state index in [9.17, 15) is 0 Å². The van der Waals surface area contributed by atoms with Crippen LogP contribution in [0.15, 0.2) is 4.99 Å². The van der Waals surface area contributed by atoms with Crippen LogP contribution in [0.3, 0.4) is 0 Å². The molecule has 0 bridgehead atoms. The molecule has 4 heteroatoms. The number of piperidine rings is 1. The zero-order valence-corrected chi connectivity index (χ0v) is 12.2. The van der Waals surface area contributed by atoms with Crippen LogP contribution in [0.1, 0.15) is 46.5 Å². The fourth-order valence-corrected chi connectivity index (χ4v) is 2.06. The van der Waals surface area contributed by atoms with E-state index in [4.69, 9.17) is 10.5 Å². The molecule has 0 spiro atoms. The van der Waals surface area contributed by atoms with Crippen LogP contribution >= 0.6 is 0 Å². The number of aliphatic imine (C=N–C) groups is 1. The third-order valence-electron chi connectivity index (χ3n) is 3.39. The molecule has 1 heterocycles. The predicted octanol–water partition coefficient (Wildman–Crippen LogP) is 2.24. The Morgan fingerprint density at radius 2 is 2.00 bits per heavy atom. The highest BCUT2D eigenvalue weighted by Crippen LogP contribution is 2.15. The van der Waals surface area contributed by atoms with Crippen LogP contribution in [-0.2, 0) is 4.74 Å². The Bertz CT molecular complexity index is 245. The highest BCUT2D eigenvalue weighted by atomic mass is 16.5. The summed E-state index contributed by atoms with van der Waals surface area (Å²) in [5.41, 5.74) is 6.00. The van der Waals surface area contributed by atoms with Crippen LogP contribution in [0.25, 0.3) is 0 Å². The Hall–Kier alpha value is -0.770. The summed E-state index contributed by atoms with van der Waals surface area (Å²) in [7, 11) is 0. The fourth-order valence-electron chi connectivity index (χ4n) is 2.06. The molecule has 0 amide bonds. The molecule has 0 aromatic heterocycles. The summed E-state index contributed by atoms with van der Waals surface area (Å²) in [6.45, 7) is 10.2. The molecule has 0 aliphatic carbocycles. The van der Waals surface area contributed by atoms with Gasteiger partial charge in [-0.1, -0.05) is 6.92 Å². The molecule has 0 aromatic rings. The molecule has 0 atom stereocenters. The molecule has 1 aliphatic heterocycles. The van der Waals surface area contributed by atoms with Gasteiger partial charge in [-0.25, -0.2) is 0 Å². The topological polar surface area (TPSA) is 50.8 Å². The van der Waals surface area contributed by atoms with Gasteiger partial charge in [-0.3, -0.25) is 4.99 Å². The maximum Gasteiger partial charge on any atom is 0.191 e. The Morgan fingerprint density at radius 1 is 1.33 bits per heavy atom. The van der Waals surface area contributed by atoms with Crippen molar-refractivity contribution in [1.29, 1.82) is 0 Å². The number of ether oxygens (including phenoxy) is 1. The second kappa shape index (κ2) is 8.35. The van der Waals surface area contributed by atoms with Crippen molar-refractivity contribution in [3.05, 3.63) is 0 Å². The first-order valence-corrected chi connectivity index (χ1v) is 7.26. The summed E-state index contributed by atoms with van der Waals surface area (Å²) in [6.07, 6.45) is 4.91. The quantitative estimate of drug-likeness (QED) is 0.450. The van der Waals surface area contributed by atoms with E-state index < -0.39 is 0 Å². The lowest BCUT2D eigenvalue weighted by Gasteiger charge is -2.31. The second-order valence-corrected chi connectivity index (χ2v) is 5.54. The molecule has 1 saturated heterocycles. The first-order chi connectivity index (χ1) is 8.59. The van der Waals surface area contributed by atoms with Crippen molar-refractivity contribution in [2.45, 2.75) is 52.6 Å². The van der Waals surface area contributed by atoms with E-state index in [2.05, 4.69) is 30.7 Å². The van der Waals surface area contributed by atoms with E-state index >= 15 is 0 Å². The Kier molecular flexibility index (Phi) is 7.09. The van der Waals surface area contributed by atoms with Crippen LogP contribution in [-0.4, -0.2) is 43.2 Å². The summed E-state index contributed by atoms with van der Waals surface area (Å²) < 4.78 is 5.49. The molecule has 18 heavy (non-hydrogen) atoms. The lowest BCUT2D eigenvalue weighted by molar-refractivity contribution is 0.0763. The smallest absolute Gasteiger partial charge is 0.191 e. The van der Waals surface area contributed by atoms with Gasteiger partial charge in [-0.05, 0) is 45.4 Å². The molecule has 1 fully saturated rings. The lowest BCUT2D eigenvalue weighted by atomic mass is 10.00. The summed E-state index contributed by atoms with van der Waals surface area (Å²) in [5, 5.41) is 0. The largest absolute Gasteiger partial charge is 0.379 e. The first kappa shape index (κ1) is 15.3. The number of unbranched alkanes of at least 4 members (excludes halogenated alkanes) is 1. The molecular formula is C14H29N3O. The molecular weight excluding hydrogens is 226 g/mol. The van der Waals surface area contributed by atoms with Gasteiger partial charge in [0.1, 0.15) is 0 Å². The van der Waals surface area contributed by atoms with Crippen molar-refractivity contribution < 1.29 is 4.74 Å². The van der Waals surface area contributed by atoms with E-state index in [0.29, 0.717) is 6.10 Å². The molecule has 0 unspecified atom stereocenters. The summed E-state index contributed by atoms with van der Waals surface area (Å²) >= 11 is 0. The van der Waals surface area contributed by atoms with Crippen LogP contribution in [0.5, 0.6) is 0 Å². The molecule has 1 rings (SSSR count). The van der Waals surface area contributed by atoms with Crippen molar-refractivity contribution >= 4 is 5.96 Å². The highest BCUT2D eigenvalue weighted by Gasteiger charge is 2.16. The van der Waals surface area contributed by atoms with Gasteiger partial charge < -0.3 is 15.4 Å². The van der Waals surface area contributed by atoms with Gasteiger partial charge in [0.05, 0.1) is 6.10 Å². The van der Waals surface area contributed by atoms with Gasteiger partial charge in [0.15, 0.2) is 5.96 Å². The minimum absolute atomic E-state index is 0.328. The normalized spacial score (nSPS) is 18.7. The van der Waals surface area contributed by atoms with Crippen LogP contribution in [0, 0.1) is 5.92 Å². The number of hydrogen-bond donors (Lipinski definition) is 1. The van der Waals surface area contributed by atoms with Crippen molar-refractivity contribution in [1.82, 2.24) is 4.90 Å². The summed E-state index contributed by atoms with van der Waals surface area (Å²) in [5.74, 6) is 1.56. The van der Waals surface area contributed by atoms with Gasteiger partial charge in [-0.2, -0.15) is 0 Å². The summed E-state index contributed by atoms with van der Waals surface area (Å²) in [4.78, 5) is 6.67. The number of likely N-dealkylation sites (tertiary alicyclic amines) is 1. The van der Waals surface area contributed by atoms with Crippen molar-refractivity contribution in [2.24, 2.45) is 16.6 Å². The van der Waals surface area contributed by atoms with E-state index in [0.717, 1.165) is 51.0 Å². The standard InChI is InChI=1S/C14H29N3O/c1-12(2)18-11-5-4-8-16-14(15)17-9-6-13(3)7-10-17/h12-13H,4-11H2,1-3H3,(H2,15,16). The first-order valence-electron chi connectivity index (χ1n) is 7.26. The molecule has 2 N–H and O–H groups in total. The van der Waals surface area contributed by atoms with Gasteiger partial charge in [0.2, 0.25) is 0 Å². The van der Waals surface area contributed by atoms with Crippen LogP contribution in [0.2, 0.25) is 0 Å². The number of nitrogens with two attached hydrogens (primary N) is 1. The number of guanidine groups is 1. The van der Waals surface area contributed by atoms with Crippen molar-refractivity contribution in [3.8, 4) is 0 Å². The average molecular weight is 255 g/mol. The second-order valence-electron chi connectivity index (χ2n) is 5.54. The van der Waals surface area contributed by atoms with Gasteiger partial charge in [-0.15, -0.1) is 0 Å². The highest BCUT2D eigenvalue weighted by molar-refractivity contribution is 5.78. The minimum Gasteiger partial charge on any atom is -0.379 e. The number of rotatable bonds is 6. The SMILES string of the molecule is CC1CCN(C(N)=NCCCCOC(C)C)CC1. The molecule has 1 aliphatic rings. The number of nitrogens with zero attached hydrogens (tertiary/aromatic N) is 2. The number of hydrogen-bond acceptors (Lipinski definition) is 2. The molecule has 0 aromatic carbocycles. The van der Waals surface area contributed by atoms with Crippen molar-refractivity contribution in [2.75, 3.05) is 26.2 Å². The molecule has 0 saturated carbocycles. The molecule has 4 nitrogen and oxygen atoms in total. The maximum atomic E-state index is 6.00. The summed E-state index contributed by atoms with van der Waals surface area (Å²) in [6, 6.07) is 0. The van der Waals surface area contributed by atoms with E-state index in [-0.39, 0.29) is 0 Å². The molecule has 0 radical (unpaired) electrons. The van der Waals surface area contributed by atoms with E-state index in [1.807, 2.05) is 0 Å². The van der Waals surface area contributed by atoms with Gasteiger partial charge in [0.25, 0.3) is 0 Å². The fraction of sp³-hybridized carbons (Fsp3) is 0.929. The minimum atomic E-state index is 0.328. The molecule has 106 valence electrons. The van der Waals surface area contributed by atoms with E-state index in [1.165, 1.54) is 12.8 Å². The average Bonchev–Trinajstić information content (AvgIpc) is 2.34. The Morgan fingerprint density at radius 3 is 2.61 bits per heavy atom. The Balaban J connectivity index is 2.10. The lowest BCUT2D eigenvalue weighted by Crippen LogP contribution is -2.42. The van der Waals surface area contributed by atoms with Crippen LogP contribution in [0.4, 0.5) is 0 Å². The third kappa shape index (κ3) is 6.24.